The normalized spacial score (nSPS) is 19.6. The van der Waals surface area contributed by atoms with Gasteiger partial charge in [0.05, 0.1) is 13.3 Å². The average molecular weight is 465 g/mol. The topological polar surface area (TPSA) is 98.3 Å². The molecule has 4 heterocycles. The molecule has 34 heavy (non-hydrogen) atoms. The zero-order valence-electron chi connectivity index (χ0n) is 19.8. The number of aromatic nitrogens is 4. The Kier molecular flexibility index (Phi) is 6.62. The van der Waals surface area contributed by atoms with Gasteiger partial charge in [-0.2, -0.15) is 4.98 Å². The fourth-order valence-corrected chi connectivity index (χ4v) is 4.70. The molecule has 5 rings (SSSR count). The Morgan fingerprint density at radius 1 is 1.24 bits per heavy atom. The lowest BCUT2D eigenvalue weighted by atomic mass is 9.85. The highest BCUT2D eigenvalue weighted by atomic mass is 16.5. The molecule has 1 aliphatic heterocycles. The highest BCUT2D eigenvalue weighted by Gasteiger charge is 2.24. The predicted octanol–water partition coefficient (Wildman–Crippen LogP) is 3.27. The fraction of sp³-hybridized carbons (Fsp3) is 0.520. The molecule has 2 fully saturated rings. The summed E-state index contributed by atoms with van der Waals surface area (Å²) in [6.45, 7) is 4.91. The van der Waals surface area contributed by atoms with Gasteiger partial charge in [0.1, 0.15) is 11.8 Å². The maximum absolute atomic E-state index is 13.0. The third kappa shape index (κ3) is 4.84. The van der Waals surface area contributed by atoms with Gasteiger partial charge in [0, 0.05) is 48.8 Å². The largest absolute Gasteiger partial charge is 0.495 e. The molecule has 1 saturated heterocycles. The predicted molar refractivity (Wildman–Crippen MR) is 129 cm³/mol. The maximum atomic E-state index is 13.0. The highest BCUT2D eigenvalue weighted by Crippen LogP contribution is 2.26. The molecule has 0 amide bonds. The summed E-state index contributed by atoms with van der Waals surface area (Å²) in [4.78, 5) is 23.9. The fourth-order valence-electron chi connectivity index (χ4n) is 4.70. The lowest BCUT2D eigenvalue weighted by Crippen LogP contribution is -2.47. The molecule has 1 aliphatic carbocycles. The first-order valence-corrected chi connectivity index (χ1v) is 12.1. The minimum atomic E-state index is -0.389. The van der Waals surface area contributed by atoms with Gasteiger partial charge in [-0.15, -0.1) is 0 Å². The van der Waals surface area contributed by atoms with Gasteiger partial charge in [-0.3, -0.25) is 9.78 Å². The van der Waals surface area contributed by atoms with E-state index in [-0.39, 0.29) is 11.6 Å². The number of hydrogen-bond donors (Lipinski definition) is 1. The molecule has 0 spiro atoms. The summed E-state index contributed by atoms with van der Waals surface area (Å²) in [7, 11) is 1.58. The summed E-state index contributed by atoms with van der Waals surface area (Å²) in [5.74, 6) is 2.24. The maximum Gasteiger partial charge on any atom is 0.253 e. The first-order chi connectivity index (χ1) is 16.6. The molecule has 9 nitrogen and oxygen atoms in total. The lowest BCUT2D eigenvalue weighted by Gasteiger charge is -2.36. The van der Waals surface area contributed by atoms with E-state index in [1.807, 2.05) is 19.2 Å². The lowest BCUT2D eigenvalue weighted by molar-refractivity contribution is 0.280. The molecule has 1 saturated carbocycles. The van der Waals surface area contributed by atoms with Crippen molar-refractivity contribution in [3.8, 4) is 17.1 Å². The summed E-state index contributed by atoms with van der Waals surface area (Å²) < 4.78 is 12.3. The van der Waals surface area contributed by atoms with Crippen LogP contribution < -0.4 is 20.5 Å². The number of methoxy groups -OCH3 is 1. The summed E-state index contributed by atoms with van der Waals surface area (Å²) in [5.41, 5.74) is 1.57. The van der Waals surface area contributed by atoms with Crippen molar-refractivity contribution in [2.45, 2.75) is 51.1 Å². The third-order valence-corrected chi connectivity index (χ3v) is 7.06. The molecular weight excluding hydrogens is 432 g/mol. The summed E-state index contributed by atoms with van der Waals surface area (Å²) >= 11 is 0. The van der Waals surface area contributed by atoms with Crippen molar-refractivity contribution in [2.24, 2.45) is 5.92 Å². The Morgan fingerprint density at radius 2 is 2.12 bits per heavy atom. The molecule has 3 aromatic heterocycles. The van der Waals surface area contributed by atoms with Crippen LogP contribution in [0.25, 0.3) is 11.4 Å². The second-order valence-corrected chi connectivity index (χ2v) is 9.37. The standard InChI is InChI=1S/C25H32N6O3/c1-17(25-28-24(29-34-25)19-11-22(33-2)15-26-14-19)31-10-8-21(12-23(31)32)30-9-4-7-20(16-30)27-13-18-5-3-6-18/h8,10-12,14-15,17-18,20,27H,3-7,9,13,16H2,1-2H3/t17?,20-/m1/s1. The number of pyridine rings is 2. The monoisotopic (exact) mass is 464 g/mol. The number of hydrogen-bond acceptors (Lipinski definition) is 8. The van der Waals surface area contributed by atoms with Crippen molar-refractivity contribution in [3.05, 3.63) is 53.0 Å². The van der Waals surface area contributed by atoms with Gasteiger partial charge in [-0.05, 0) is 57.2 Å². The first kappa shape index (κ1) is 22.6. The summed E-state index contributed by atoms with van der Waals surface area (Å²) in [6.07, 6.45) is 11.5. The number of nitrogens with zero attached hydrogens (tertiary/aromatic N) is 5. The van der Waals surface area contributed by atoms with E-state index in [9.17, 15) is 4.79 Å². The summed E-state index contributed by atoms with van der Waals surface area (Å²) in [6, 6.07) is 5.61. The minimum absolute atomic E-state index is 0.0858. The van der Waals surface area contributed by atoms with Gasteiger partial charge in [0.25, 0.3) is 5.56 Å². The van der Waals surface area contributed by atoms with E-state index in [0.29, 0.717) is 29.1 Å². The molecule has 2 aliphatic rings. The van der Waals surface area contributed by atoms with Gasteiger partial charge in [0.2, 0.25) is 11.7 Å². The van der Waals surface area contributed by atoms with Crippen LogP contribution in [0.4, 0.5) is 5.69 Å². The Morgan fingerprint density at radius 3 is 2.88 bits per heavy atom. The molecule has 9 heteroatoms. The van der Waals surface area contributed by atoms with Crippen molar-refractivity contribution >= 4 is 5.69 Å². The summed E-state index contributed by atoms with van der Waals surface area (Å²) in [5, 5.41) is 7.81. The van der Waals surface area contributed by atoms with E-state index in [0.717, 1.165) is 37.7 Å². The van der Waals surface area contributed by atoms with Gasteiger partial charge in [-0.25, -0.2) is 0 Å². The van der Waals surface area contributed by atoms with Crippen molar-refractivity contribution < 1.29 is 9.26 Å². The number of anilines is 1. The zero-order chi connectivity index (χ0) is 23.5. The van der Waals surface area contributed by atoms with Crippen LogP contribution >= 0.6 is 0 Å². The van der Waals surface area contributed by atoms with Crippen LogP contribution in [0.5, 0.6) is 5.75 Å². The molecular formula is C25H32N6O3. The third-order valence-electron chi connectivity index (χ3n) is 7.06. The minimum Gasteiger partial charge on any atom is -0.495 e. The smallest absolute Gasteiger partial charge is 0.253 e. The Labute approximate surface area is 199 Å². The number of piperidine rings is 1. The number of nitrogens with one attached hydrogen (secondary N) is 1. The van der Waals surface area contributed by atoms with Crippen molar-refractivity contribution in [1.82, 2.24) is 25.0 Å². The van der Waals surface area contributed by atoms with Crippen LogP contribution in [-0.2, 0) is 0 Å². The van der Waals surface area contributed by atoms with Crippen LogP contribution in [0.1, 0.15) is 51.0 Å². The van der Waals surface area contributed by atoms with Gasteiger partial charge in [0.15, 0.2) is 0 Å². The van der Waals surface area contributed by atoms with E-state index in [4.69, 9.17) is 9.26 Å². The second-order valence-electron chi connectivity index (χ2n) is 9.37. The van der Waals surface area contributed by atoms with Crippen molar-refractivity contribution in [1.29, 1.82) is 0 Å². The molecule has 1 unspecified atom stereocenters. The second kappa shape index (κ2) is 9.97. The van der Waals surface area contributed by atoms with Gasteiger partial charge in [-0.1, -0.05) is 11.6 Å². The van der Waals surface area contributed by atoms with Gasteiger partial charge < -0.3 is 24.0 Å². The molecule has 180 valence electrons. The van der Waals surface area contributed by atoms with Crippen molar-refractivity contribution in [2.75, 3.05) is 31.6 Å². The SMILES string of the molecule is COc1cncc(-c2noc(C(C)n3ccc(N4CCC[C@@H](NCC5CCC5)C4)cc3=O)n2)c1. The molecule has 0 bridgehead atoms. The molecule has 2 atom stereocenters. The van der Waals surface area contributed by atoms with Crippen LogP contribution in [0, 0.1) is 5.92 Å². The van der Waals surface area contributed by atoms with Crippen LogP contribution in [0.15, 0.2) is 46.1 Å². The van der Waals surface area contributed by atoms with E-state index < -0.39 is 0 Å². The van der Waals surface area contributed by atoms with E-state index in [2.05, 4.69) is 25.3 Å². The van der Waals surface area contributed by atoms with Gasteiger partial charge >= 0.3 is 0 Å². The first-order valence-electron chi connectivity index (χ1n) is 12.1. The van der Waals surface area contributed by atoms with Crippen LogP contribution in [-0.4, -0.2) is 52.5 Å². The molecule has 0 aromatic carbocycles. The van der Waals surface area contributed by atoms with E-state index in [1.165, 1.54) is 25.7 Å². The van der Waals surface area contributed by atoms with E-state index >= 15 is 0 Å². The zero-order valence-corrected chi connectivity index (χ0v) is 19.8. The Bertz CT molecular complexity index is 1170. The van der Waals surface area contributed by atoms with Crippen molar-refractivity contribution in [3.63, 3.8) is 0 Å². The molecule has 3 aromatic rings. The average Bonchev–Trinajstić information content (AvgIpc) is 3.33. The number of rotatable bonds is 8. The number of ether oxygens (including phenoxy) is 1. The molecule has 1 N–H and O–H groups in total. The Hall–Kier alpha value is -3.20. The van der Waals surface area contributed by atoms with Crippen LogP contribution in [0.3, 0.4) is 0 Å². The Balaban J connectivity index is 1.27. The molecule has 0 radical (unpaired) electrons. The quantitative estimate of drug-likeness (QED) is 0.542. The highest BCUT2D eigenvalue weighted by molar-refractivity contribution is 5.55. The van der Waals surface area contributed by atoms with E-state index in [1.54, 1.807) is 36.2 Å². The van der Waals surface area contributed by atoms with Crippen LogP contribution in [0.2, 0.25) is 0 Å².